The number of nitrogens with one attached hydrogen (secondary N) is 1. The van der Waals surface area contributed by atoms with Gasteiger partial charge in [0, 0.05) is 32.4 Å². The molecular weight excluding hydrogens is 417 g/mol. The van der Waals surface area contributed by atoms with Crippen molar-refractivity contribution in [1.82, 2.24) is 4.72 Å². The average molecular weight is 431 g/mol. The molecule has 0 saturated heterocycles. The molecule has 20 heavy (non-hydrogen) atoms. The molecule has 0 bridgehead atoms. The summed E-state index contributed by atoms with van der Waals surface area (Å²) in [5, 5.41) is 8.66. The van der Waals surface area contributed by atoms with Crippen LogP contribution in [-0.4, -0.2) is 41.8 Å². The summed E-state index contributed by atoms with van der Waals surface area (Å²) < 4.78 is 38.0. The Morgan fingerprint density at radius 2 is 2.10 bits per heavy atom. The van der Waals surface area contributed by atoms with Crippen molar-refractivity contribution >= 4 is 49.4 Å². The minimum Gasteiger partial charge on any atom is -0.478 e. The van der Waals surface area contributed by atoms with E-state index in [1.807, 2.05) is 22.6 Å². The molecule has 0 aliphatic carbocycles. The van der Waals surface area contributed by atoms with Gasteiger partial charge in [0.2, 0.25) is 10.0 Å². The lowest BCUT2D eigenvalue weighted by molar-refractivity contribution is 0.0695. The van der Waals surface area contributed by atoms with Gasteiger partial charge in [-0.25, -0.2) is 17.9 Å². The third kappa shape index (κ3) is 4.50. The minimum absolute atomic E-state index is 0.0276. The summed E-state index contributed by atoms with van der Waals surface area (Å²) in [5.74, 6) is -1.19. The van der Waals surface area contributed by atoms with Crippen LogP contribution in [0.1, 0.15) is 17.3 Å². The second-order valence-electron chi connectivity index (χ2n) is 4.11. The second kappa shape index (κ2) is 6.96. The van der Waals surface area contributed by atoms with Crippen LogP contribution in [0.5, 0.6) is 0 Å². The molecule has 0 aliphatic heterocycles. The molecule has 112 valence electrons. The van der Waals surface area contributed by atoms with Crippen molar-refractivity contribution in [2.45, 2.75) is 17.1 Å². The molecule has 0 aliphatic rings. The molecule has 0 heterocycles. The van der Waals surface area contributed by atoms with Gasteiger partial charge in [-0.1, -0.05) is 0 Å². The normalized spacial score (nSPS) is 14.8. The van der Waals surface area contributed by atoms with Crippen molar-refractivity contribution in [1.29, 1.82) is 0 Å². The van der Waals surface area contributed by atoms with Gasteiger partial charge in [0.05, 0.1) is 10.5 Å². The smallest absolute Gasteiger partial charge is 0.336 e. The fraction of sp³-hybridized carbons (Fsp3) is 0.364. The fourth-order valence-corrected chi connectivity index (χ4v) is 3.41. The van der Waals surface area contributed by atoms with Crippen molar-refractivity contribution in [2.75, 3.05) is 12.8 Å². The number of aromatic carboxylic acids is 1. The lowest BCUT2D eigenvalue weighted by Gasteiger charge is -2.11. The van der Waals surface area contributed by atoms with Crippen LogP contribution in [0.2, 0.25) is 0 Å². The van der Waals surface area contributed by atoms with Crippen LogP contribution in [-0.2, 0) is 20.8 Å². The number of benzene rings is 1. The summed E-state index contributed by atoms with van der Waals surface area (Å²) in [6, 6.07) is 3.88. The van der Waals surface area contributed by atoms with E-state index in [-0.39, 0.29) is 22.3 Å². The first kappa shape index (κ1) is 17.5. The molecule has 0 fully saturated rings. The molecule has 2 atom stereocenters. The second-order valence-corrected chi connectivity index (χ2v) is 8.84. The van der Waals surface area contributed by atoms with Crippen LogP contribution in [0.25, 0.3) is 0 Å². The largest absolute Gasteiger partial charge is 0.478 e. The van der Waals surface area contributed by atoms with Gasteiger partial charge in [0.25, 0.3) is 0 Å². The molecule has 9 heteroatoms. The number of rotatable bonds is 6. The fourth-order valence-electron chi connectivity index (χ4n) is 1.26. The highest BCUT2D eigenvalue weighted by molar-refractivity contribution is 14.1. The molecule has 1 aromatic rings. The van der Waals surface area contributed by atoms with Crippen LogP contribution in [0.4, 0.5) is 0 Å². The minimum atomic E-state index is -3.81. The number of halogens is 1. The summed E-state index contributed by atoms with van der Waals surface area (Å²) in [7, 11) is -4.95. The van der Waals surface area contributed by atoms with Crippen LogP contribution >= 0.6 is 22.6 Å². The third-order valence-corrected chi connectivity index (χ3v) is 6.27. The molecule has 0 saturated carbocycles. The summed E-state index contributed by atoms with van der Waals surface area (Å²) in [6.07, 6.45) is 1.49. The zero-order chi connectivity index (χ0) is 15.5. The highest BCUT2D eigenvalue weighted by Crippen LogP contribution is 2.18. The number of carboxylic acids is 1. The van der Waals surface area contributed by atoms with E-state index in [0.29, 0.717) is 3.57 Å². The molecule has 0 spiro atoms. The molecule has 1 rings (SSSR count). The predicted molar refractivity (Wildman–Crippen MR) is 84.8 cm³/mol. The Morgan fingerprint density at radius 1 is 1.50 bits per heavy atom. The van der Waals surface area contributed by atoms with E-state index in [0.717, 1.165) is 6.07 Å². The van der Waals surface area contributed by atoms with Crippen LogP contribution in [0, 0.1) is 3.57 Å². The summed E-state index contributed by atoms with van der Waals surface area (Å²) in [6.45, 7) is 1.69. The Bertz CT molecular complexity index is 644. The molecule has 1 aromatic carbocycles. The van der Waals surface area contributed by atoms with Gasteiger partial charge in [-0.05, 0) is 47.7 Å². The van der Waals surface area contributed by atoms with Crippen molar-refractivity contribution < 1.29 is 22.5 Å². The first-order valence-electron chi connectivity index (χ1n) is 5.50. The van der Waals surface area contributed by atoms with E-state index in [2.05, 4.69) is 4.72 Å². The predicted octanol–water partition coefficient (Wildman–Crippen LogP) is 1.03. The Balaban J connectivity index is 3.01. The number of hydrogen-bond donors (Lipinski definition) is 2. The Hall–Kier alpha value is -0.520. The number of sulfonamides is 1. The maximum absolute atomic E-state index is 12.0. The van der Waals surface area contributed by atoms with Crippen molar-refractivity contribution in [2.24, 2.45) is 0 Å². The Labute approximate surface area is 133 Å². The third-order valence-electron chi connectivity index (χ3n) is 2.61. The van der Waals surface area contributed by atoms with Gasteiger partial charge in [-0.2, -0.15) is 0 Å². The van der Waals surface area contributed by atoms with Crippen LogP contribution < -0.4 is 4.72 Å². The van der Waals surface area contributed by atoms with Crippen LogP contribution in [0.15, 0.2) is 23.1 Å². The summed E-state index contributed by atoms with van der Waals surface area (Å²) in [5.41, 5.74) is -0.0689. The van der Waals surface area contributed by atoms with Gasteiger partial charge >= 0.3 is 5.97 Å². The van der Waals surface area contributed by atoms with E-state index in [4.69, 9.17) is 5.11 Å². The van der Waals surface area contributed by atoms with Gasteiger partial charge < -0.3 is 5.11 Å². The number of hydrogen-bond acceptors (Lipinski definition) is 4. The van der Waals surface area contributed by atoms with E-state index in [1.165, 1.54) is 18.4 Å². The molecular formula is C11H14INO5S2. The quantitative estimate of drug-likeness (QED) is 0.656. The molecule has 0 radical (unpaired) electrons. The van der Waals surface area contributed by atoms with Gasteiger partial charge in [0.1, 0.15) is 0 Å². The Morgan fingerprint density at radius 3 is 2.60 bits per heavy atom. The highest BCUT2D eigenvalue weighted by atomic mass is 127. The monoisotopic (exact) mass is 431 g/mol. The first-order chi connectivity index (χ1) is 9.15. The highest BCUT2D eigenvalue weighted by Gasteiger charge is 2.19. The summed E-state index contributed by atoms with van der Waals surface area (Å²) >= 11 is 1.82. The van der Waals surface area contributed by atoms with E-state index >= 15 is 0 Å². The maximum Gasteiger partial charge on any atom is 0.336 e. The van der Waals surface area contributed by atoms with Crippen molar-refractivity contribution in [3.8, 4) is 0 Å². The average Bonchev–Trinajstić information content (AvgIpc) is 2.35. The standard InChI is InChI=1S/C11H14INO5S2/c1-7(19(2)16)6-13-20(17,18)8-3-4-10(12)9(5-8)11(14)15/h3-5,7,13H,6H2,1-2H3,(H,14,15). The molecule has 0 aromatic heterocycles. The number of carbonyl (C=O) groups is 1. The number of carboxylic acid groups (broad SMARTS) is 1. The maximum atomic E-state index is 12.0. The van der Waals surface area contributed by atoms with Gasteiger partial charge in [-0.3, -0.25) is 4.21 Å². The zero-order valence-electron chi connectivity index (χ0n) is 10.8. The summed E-state index contributed by atoms with van der Waals surface area (Å²) in [4.78, 5) is 10.9. The van der Waals surface area contributed by atoms with Gasteiger partial charge in [0.15, 0.2) is 0 Å². The Kier molecular flexibility index (Phi) is 6.10. The lowest BCUT2D eigenvalue weighted by Crippen LogP contribution is -2.32. The van der Waals surface area contributed by atoms with Crippen molar-refractivity contribution in [3.05, 3.63) is 27.3 Å². The van der Waals surface area contributed by atoms with E-state index in [9.17, 15) is 17.4 Å². The first-order valence-corrected chi connectivity index (χ1v) is 9.68. The zero-order valence-corrected chi connectivity index (χ0v) is 14.6. The molecule has 0 amide bonds. The topological polar surface area (TPSA) is 101 Å². The molecule has 2 N–H and O–H groups in total. The molecule has 2 unspecified atom stereocenters. The van der Waals surface area contributed by atoms with Crippen molar-refractivity contribution in [3.63, 3.8) is 0 Å². The van der Waals surface area contributed by atoms with E-state index < -0.39 is 26.8 Å². The van der Waals surface area contributed by atoms with Crippen LogP contribution in [0.3, 0.4) is 0 Å². The SMILES string of the molecule is CC(CNS(=O)(=O)c1ccc(I)c(C(=O)O)c1)S(C)=O. The molecule has 6 nitrogen and oxygen atoms in total. The van der Waals surface area contributed by atoms with E-state index in [1.54, 1.807) is 6.92 Å². The lowest BCUT2D eigenvalue weighted by atomic mass is 10.2. The van der Waals surface area contributed by atoms with Gasteiger partial charge in [-0.15, -0.1) is 0 Å².